The van der Waals surface area contributed by atoms with Gasteiger partial charge in [0.1, 0.15) is 0 Å². The molecule has 1 aromatic rings. The number of amides is 3. The number of benzene rings is 1. The second-order valence-corrected chi connectivity index (χ2v) is 6.04. The number of fused-ring (bicyclic) bond motifs is 1. The quantitative estimate of drug-likeness (QED) is 0.773. The maximum atomic E-state index is 12.2. The molecule has 1 unspecified atom stereocenters. The van der Waals surface area contributed by atoms with E-state index in [0.717, 1.165) is 9.37 Å². The van der Waals surface area contributed by atoms with Crippen molar-refractivity contribution in [3.05, 3.63) is 33.8 Å². The minimum atomic E-state index is -0.362. The Hall–Kier alpha value is -1.73. The highest BCUT2D eigenvalue weighted by Gasteiger charge is 2.35. The fourth-order valence-corrected chi connectivity index (χ4v) is 2.68. The highest BCUT2D eigenvalue weighted by atomic mass is 79.9. The molecule has 0 bridgehead atoms. The van der Waals surface area contributed by atoms with Gasteiger partial charge in [-0.3, -0.25) is 19.3 Å². The number of carbonyl (C=O) groups is 3. The van der Waals surface area contributed by atoms with Gasteiger partial charge in [0.25, 0.3) is 11.8 Å². The summed E-state index contributed by atoms with van der Waals surface area (Å²) in [6.45, 7) is 2.29. The number of nitrogens with one attached hydrogen (secondary N) is 1. The minimum Gasteiger partial charge on any atom is -0.383 e. The number of ether oxygens (including phenoxy) is 1. The molecule has 1 atom stereocenters. The van der Waals surface area contributed by atoms with Gasteiger partial charge in [-0.1, -0.05) is 15.9 Å². The van der Waals surface area contributed by atoms with Crippen molar-refractivity contribution >= 4 is 33.7 Å². The van der Waals surface area contributed by atoms with Gasteiger partial charge in [0, 0.05) is 30.6 Å². The normalized spacial score (nSPS) is 15.0. The molecule has 1 aliphatic heterocycles. The molecule has 1 aromatic carbocycles. The molecule has 6 nitrogen and oxygen atoms in total. The predicted octanol–water partition coefficient (Wildman–Crippen LogP) is 1.59. The Bertz CT molecular complexity index is 618. The van der Waals surface area contributed by atoms with Crippen LogP contribution in [0.25, 0.3) is 0 Å². The first-order chi connectivity index (χ1) is 10.4. The van der Waals surface area contributed by atoms with Crippen LogP contribution in [0.2, 0.25) is 0 Å². The Morgan fingerprint density at radius 3 is 2.68 bits per heavy atom. The number of hydrogen-bond acceptors (Lipinski definition) is 4. The van der Waals surface area contributed by atoms with Gasteiger partial charge in [0.2, 0.25) is 5.91 Å². The number of nitrogens with zero attached hydrogens (tertiary/aromatic N) is 1. The largest absolute Gasteiger partial charge is 0.383 e. The number of methoxy groups -OCH3 is 1. The average Bonchev–Trinajstić information content (AvgIpc) is 2.68. The molecule has 3 amide bonds. The zero-order chi connectivity index (χ0) is 16.3. The van der Waals surface area contributed by atoms with Gasteiger partial charge in [-0.05, 0) is 25.1 Å². The molecule has 118 valence electrons. The molecule has 0 saturated carbocycles. The molecule has 0 spiro atoms. The molecule has 1 N–H and O–H groups in total. The zero-order valence-electron chi connectivity index (χ0n) is 12.4. The van der Waals surface area contributed by atoms with Crippen LogP contribution in [0.1, 0.15) is 34.1 Å². The summed E-state index contributed by atoms with van der Waals surface area (Å²) in [7, 11) is 1.56. The molecule has 0 fully saturated rings. The number of rotatable bonds is 6. The van der Waals surface area contributed by atoms with Crippen molar-refractivity contribution in [2.45, 2.75) is 19.4 Å². The summed E-state index contributed by atoms with van der Waals surface area (Å²) in [5.74, 6) is -0.938. The molecule has 22 heavy (non-hydrogen) atoms. The Labute approximate surface area is 136 Å². The lowest BCUT2D eigenvalue weighted by Crippen LogP contribution is -2.39. The Kier molecular flexibility index (Phi) is 5.31. The van der Waals surface area contributed by atoms with E-state index in [1.54, 1.807) is 25.3 Å². The standard InChI is InChI=1S/C15H17BrN2O4/c1-9(8-22-2)17-13(19)5-6-18-14(20)11-4-3-10(16)7-12(11)15(18)21/h3-4,7,9H,5-6,8H2,1-2H3,(H,17,19). The summed E-state index contributed by atoms with van der Waals surface area (Å²) in [4.78, 5) is 37.3. The smallest absolute Gasteiger partial charge is 0.261 e. The van der Waals surface area contributed by atoms with Gasteiger partial charge in [-0.25, -0.2) is 0 Å². The van der Waals surface area contributed by atoms with Crippen LogP contribution >= 0.6 is 15.9 Å². The van der Waals surface area contributed by atoms with E-state index >= 15 is 0 Å². The van der Waals surface area contributed by atoms with Crippen LogP contribution in [-0.2, 0) is 9.53 Å². The van der Waals surface area contributed by atoms with Crippen LogP contribution in [0.15, 0.2) is 22.7 Å². The number of halogens is 1. The Balaban J connectivity index is 1.96. The van der Waals surface area contributed by atoms with Crippen molar-refractivity contribution in [3.63, 3.8) is 0 Å². The van der Waals surface area contributed by atoms with Gasteiger partial charge in [0.05, 0.1) is 17.7 Å². The molecule has 7 heteroatoms. The van der Waals surface area contributed by atoms with Crippen LogP contribution in [0.5, 0.6) is 0 Å². The zero-order valence-corrected chi connectivity index (χ0v) is 14.0. The lowest BCUT2D eigenvalue weighted by Gasteiger charge is -2.16. The van der Waals surface area contributed by atoms with E-state index < -0.39 is 0 Å². The highest BCUT2D eigenvalue weighted by Crippen LogP contribution is 2.25. The van der Waals surface area contributed by atoms with Gasteiger partial charge < -0.3 is 10.1 Å². The number of carbonyl (C=O) groups excluding carboxylic acids is 3. The molecule has 0 radical (unpaired) electrons. The van der Waals surface area contributed by atoms with Crippen LogP contribution < -0.4 is 5.32 Å². The lowest BCUT2D eigenvalue weighted by atomic mass is 10.1. The summed E-state index contributed by atoms with van der Waals surface area (Å²) < 4.78 is 5.67. The molecule has 2 rings (SSSR count). The summed E-state index contributed by atoms with van der Waals surface area (Å²) in [5, 5.41) is 2.74. The maximum absolute atomic E-state index is 12.2. The first kappa shape index (κ1) is 16.6. The molecule has 1 aliphatic rings. The van der Waals surface area contributed by atoms with E-state index in [-0.39, 0.29) is 36.7 Å². The Morgan fingerprint density at radius 2 is 2.00 bits per heavy atom. The highest BCUT2D eigenvalue weighted by molar-refractivity contribution is 9.10. The van der Waals surface area contributed by atoms with Gasteiger partial charge in [-0.15, -0.1) is 0 Å². The van der Waals surface area contributed by atoms with Crippen molar-refractivity contribution in [2.24, 2.45) is 0 Å². The summed E-state index contributed by atoms with van der Waals surface area (Å²) in [5.41, 5.74) is 0.744. The molecule has 1 heterocycles. The summed E-state index contributed by atoms with van der Waals surface area (Å²) in [6, 6.07) is 4.83. The molecule has 0 aromatic heterocycles. The fraction of sp³-hybridized carbons (Fsp3) is 0.400. The van der Waals surface area contributed by atoms with Crippen molar-refractivity contribution < 1.29 is 19.1 Å². The molecule has 0 saturated heterocycles. The maximum Gasteiger partial charge on any atom is 0.261 e. The third kappa shape index (κ3) is 3.53. The third-order valence-electron chi connectivity index (χ3n) is 3.32. The van der Waals surface area contributed by atoms with Gasteiger partial charge in [-0.2, -0.15) is 0 Å². The van der Waals surface area contributed by atoms with Crippen molar-refractivity contribution in [3.8, 4) is 0 Å². The van der Waals surface area contributed by atoms with E-state index in [1.807, 2.05) is 6.92 Å². The third-order valence-corrected chi connectivity index (χ3v) is 3.81. The van der Waals surface area contributed by atoms with Crippen molar-refractivity contribution in [1.29, 1.82) is 0 Å². The minimum absolute atomic E-state index is 0.0650. The second kappa shape index (κ2) is 7.02. The first-order valence-corrected chi connectivity index (χ1v) is 7.67. The molecule has 0 aliphatic carbocycles. The van der Waals surface area contributed by atoms with Crippen molar-refractivity contribution in [2.75, 3.05) is 20.3 Å². The fourth-order valence-electron chi connectivity index (χ4n) is 2.32. The van der Waals surface area contributed by atoms with Crippen LogP contribution in [0.3, 0.4) is 0 Å². The second-order valence-electron chi connectivity index (χ2n) is 5.13. The monoisotopic (exact) mass is 368 g/mol. The van der Waals surface area contributed by atoms with Crippen LogP contribution in [0, 0.1) is 0 Å². The number of hydrogen-bond donors (Lipinski definition) is 1. The first-order valence-electron chi connectivity index (χ1n) is 6.88. The SMILES string of the molecule is COCC(C)NC(=O)CCN1C(=O)c2ccc(Br)cc2C1=O. The van der Waals surface area contributed by atoms with Crippen LogP contribution in [-0.4, -0.2) is 48.9 Å². The predicted molar refractivity (Wildman–Crippen MR) is 83.6 cm³/mol. The van der Waals surface area contributed by atoms with E-state index in [1.165, 1.54) is 0 Å². The van der Waals surface area contributed by atoms with Crippen molar-refractivity contribution in [1.82, 2.24) is 10.2 Å². The molecular weight excluding hydrogens is 352 g/mol. The van der Waals surface area contributed by atoms with E-state index in [9.17, 15) is 14.4 Å². The molecular formula is C15H17BrN2O4. The summed E-state index contributed by atoms with van der Waals surface area (Å²) in [6.07, 6.45) is 0.0701. The van der Waals surface area contributed by atoms with E-state index in [0.29, 0.717) is 17.7 Å². The van der Waals surface area contributed by atoms with Gasteiger partial charge >= 0.3 is 0 Å². The average molecular weight is 369 g/mol. The van der Waals surface area contributed by atoms with E-state index in [2.05, 4.69) is 21.2 Å². The van der Waals surface area contributed by atoms with E-state index in [4.69, 9.17) is 4.74 Å². The Morgan fingerprint density at radius 1 is 1.32 bits per heavy atom. The van der Waals surface area contributed by atoms with Crippen LogP contribution in [0.4, 0.5) is 0 Å². The lowest BCUT2D eigenvalue weighted by molar-refractivity contribution is -0.122. The van der Waals surface area contributed by atoms with Gasteiger partial charge in [0.15, 0.2) is 0 Å². The number of imide groups is 1. The topological polar surface area (TPSA) is 75.7 Å². The summed E-state index contributed by atoms with van der Waals surface area (Å²) >= 11 is 3.28.